The highest BCUT2D eigenvalue weighted by Gasteiger charge is 2.10. The van der Waals surface area contributed by atoms with Crippen molar-refractivity contribution in [1.82, 2.24) is 9.97 Å². The smallest absolute Gasteiger partial charge is 0.140 e. The standard InChI is InChI=1S/C13H8Cl2N2/c14-9-5-3-4-8(12(9)15)13-16-10-6-1-2-7-11(10)17-13/h1-7H,(H,16,17). The first-order chi connectivity index (χ1) is 8.25. The summed E-state index contributed by atoms with van der Waals surface area (Å²) in [6.07, 6.45) is 0. The number of hydrogen-bond acceptors (Lipinski definition) is 1. The molecule has 0 aliphatic carbocycles. The maximum absolute atomic E-state index is 6.16. The van der Waals surface area contributed by atoms with Gasteiger partial charge in [0.15, 0.2) is 0 Å². The lowest BCUT2D eigenvalue weighted by atomic mass is 10.2. The van der Waals surface area contributed by atoms with Gasteiger partial charge >= 0.3 is 0 Å². The molecule has 2 aromatic carbocycles. The number of nitrogens with one attached hydrogen (secondary N) is 1. The Labute approximate surface area is 108 Å². The fraction of sp³-hybridized carbons (Fsp3) is 0. The molecule has 0 aliphatic heterocycles. The van der Waals surface area contributed by atoms with E-state index >= 15 is 0 Å². The lowest BCUT2D eigenvalue weighted by Crippen LogP contribution is -1.82. The summed E-state index contributed by atoms with van der Waals surface area (Å²) in [5, 5.41) is 1.05. The number of benzene rings is 2. The van der Waals surface area contributed by atoms with Crippen molar-refractivity contribution in [2.45, 2.75) is 0 Å². The normalized spacial score (nSPS) is 10.9. The highest BCUT2D eigenvalue weighted by Crippen LogP contribution is 2.32. The van der Waals surface area contributed by atoms with Gasteiger partial charge in [0.25, 0.3) is 0 Å². The van der Waals surface area contributed by atoms with Crippen molar-refractivity contribution in [3.8, 4) is 11.4 Å². The van der Waals surface area contributed by atoms with Gasteiger partial charge in [0.05, 0.1) is 21.1 Å². The number of hydrogen-bond donors (Lipinski definition) is 1. The van der Waals surface area contributed by atoms with Crippen LogP contribution >= 0.6 is 23.2 Å². The molecule has 4 heteroatoms. The summed E-state index contributed by atoms with van der Waals surface area (Å²) in [7, 11) is 0. The molecule has 0 bridgehead atoms. The molecule has 1 aromatic heterocycles. The second-order valence-corrected chi connectivity index (χ2v) is 4.49. The van der Waals surface area contributed by atoms with Gasteiger partial charge in [-0.25, -0.2) is 4.98 Å². The Hall–Kier alpha value is -1.51. The molecule has 17 heavy (non-hydrogen) atoms. The minimum absolute atomic E-state index is 0.522. The van der Waals surface area contributed by atoms with Crippen molar-refractivity contribution < 1.29 is 0 Å². The van der Waals surface area contributed by atoms with Crippen molar-refractivity contribution in [3.05, 3.63) is 52.5 Å². The van der Waals surface area contributed by atoms with E-state index in [0.29, 0.717) is 10.0 Å². The SMILES string of the molecule is Clc1cccc(-c2nc3ccccc3[nH]2)c1Cl. The van der Waals surface area contributed by atoms with E-state index in [0.717, 1.165) is 22.4 Å². The molecular weight excluding hydrogens is 255 g/mol. The van der Waals surface area contributed by atoms with Crippen LogP contribution in [0.3, 0.4) is 0 Å². The Morgan fingerprint density at radius 3 is 2.59 bits per heavy atom. The quantitative estimate of drug-likeness (QED) is 0.686. The van der Waals surface area contributed by atoms with Crippen molar-refractivity contribution in [2.75, 3.05) is 0 Å². The summed E-state index contributed by atoms with van der Waals surface area (Å²) < 4.78 is 0. The second-order valence-electron chi connectivity index (χ2n) is 3.70. The highest BCUT2D eigenvalue weighted by molar-refractivity contribution is 6.43. The largest absolute Gasteiger partial charge is 0.338 e. The highest BCUT2D eigenvalue weighted by atomic mass is 35.5. The Morgan fingerprint density at radius 1 is 0.941 bits per heavy atom. The van der Waals surface area contributed by atoms with E-state index in [1.54, 1.807) is 6.07 Å². The van der Waals surface area contributed by atoms with Gasteiger partial charge in [-0.3, -0.25) is 0 Å². The van der Waals surface area contributed by atoms with E-state index in [9.17, 15) is 0 Å². The molecule has 0 atom stereocenters. The number of aromatic nitrogens is 2. The minimum Gasteiger partial charge on any atom is -0.338 e. The second kappa shape index (κ2) is 4.06. The van der Waals surface area contributed by atoms with E-state index in [1.807, 2.05) is 36.4 Å². The van der Waals surface area contributed by atoms with Gasteiger partial charge in [-0.2, -0.15) is 0 Å². The molecule has 3 aromatic rings. The molecule has 1 N–H and O–H groups in total. The molecule has 0 aliphatic rings. The molecule has 1 heterocycles. The number of aromatic amines is 1. The van der Waals surface area contributed by atoms with Crippen LogP contribution in [0.15, 0.2) is 42.5 Å². The average molecular weight is 263 g/mol. The van der Waals surface area contributed by atoms with Crippen molar-refractivity contribution in [1.29, 1.82) is 0 Å². The van der Waals surface area contributed by atoms with E-state index in [1.165, 1.54) is 0 Å². The third-order valence-corrected chi connectivity index (χ3v) is 3.41. The summed E-state index contributed by atoms with van der Waals surface area (Å²) in [5.41, 5.74) is 2.72. The van der Waals surface area contributed by atoms with Crippen LogP contribution in [0, 0.1) is 0 Å². The summed E-state index contributed by atoms with van der Waals surface area (Å²) in [6, 6.07) is 13.4. The maximum Gasteiger partial charge on any atom is 0.140 e. The van der Waals surface area contributed by atoms with Gasteiger partial charge in [-0.1, -0.05) is 41.4 Å². The number of H-pyrrole nitrogens is 1. The van der Waals surface area contributed by atoms with Crippen molar-refractivity contribution in [3.63, 3.8) is 0 Å². The lowest BCUT2D eigenvalue weighted by Gasteiger charge is -2.01. The van der Waals surface area contributed by atoms with Crippen LogP contribution in [0.4, 0.5) is 0 Å². The number of halogens is 2. The molecule has 84 valence electrons. The van der Waals surface area contributed by atoms with Crippen LogP contribution < -0.4 is 0 Å². The van der Waals surface area contributed by atoms with Crippen molar-refractivity contribution in [2.24, 2.45) is 0 Å². The zero-order valence-corrected chi connectivity index (χ0v) is 10.3. The zero-order valence-electron chi connectivity index (χ0n) is 8.74. The monoisotopic (exact) mass is 262 g/mol. The lowest BCUT2D eigenvalue weighted by molar-refractivity contribution is 1.34. The Bertz CT molecular complexity index is 656. The summed E-state index contributed by atoms with van der Waals surface area (Å²) in [5.74, 6) is 0.735. The Kier molecular flexibility index (Phi) is 2.54. The Morgan fingerprint density at radius 2 is 1.76 bits per heavy atom. The van der Waals surface area contributed by atoms with Crippen LogP contribution in [0.25, 0.3) is 22.4 Å². The first-order valence-corrected chi connectivity index (χ1v) is 5.90. The molecule has 2 nitrogen and oxygen atoms in total. The number of fused-ring (bicyclic) bond motifs is 1. The summed E-state index contributed by atoms with van der Waals surface area (Å²) >= 11 is 12.2. The van der Waals surface area contributed by atoms with Crippen LogP contribution in [0.1, 0.15) is 0 Å². The molecule has 0 saturated heterocycles. The fourth-order valence-electron chi connectivity index (χ4n) is 1.77. The van der Waals surface area contributed by atoms with E-state index in [-0.39, 0.29) is 0 Å². The fourth-order valence-corrected chi connectivity index (χ4v) is 2.16. The van der Waals surface area contributed by atoms with Gasteiger partial charge in [0.2, 0.25) is 0 Å². The molecule has 0 saturated carbocycles. The molecule has 0 amide bonds. The molecule has 0 spiro atoms. The summed E-state index contributed by atoms with van der Waals surface area (Å²) in [4.78, 5) is 7.71. The maximum atomic E-state index is 6.16. The first-order valence-electron chi connectivity index (χ1n) is 5.15. The van der Waals surface area contributed by atoms with E-state index in [4.69, 9.17) is 23.2 Å². The predicted octanol–water partition coefficient (Wildman–Crippen LogP) is 4.54. The molecule has 3 rings (SSSR count). The van der Waals surface area contributed by atoms with Gasteiger partial charge in [0.1, 0.15) is 5.82 Å². The third kappa shape index (κ3) is 1.79. The number of para-hydroxylation sites is 2. The van der Waals surface area contributed by atoms with E-state index in [2.05, 4.69) is 9.97 Å². The zero-order chi connectivity index (χ0) is 11.8. The molecular formula is C13H8Cl2N2. The first kappa shape index (κ1) is 10.6. The molecule has 0 unspecified atom stereocenters. The van der Waals surface area contributed by atoms with Crippen molar-refractivity contribution >= 4 is 34.2 Å². The van der Waals surface area contributed by atoms with Crippen LogP contribution in [-0.2, 0) is 0 Å². The van der Waals surface area contributed by atoms with Gasteiger partial charge in [-0.15, -0.1) is 0 Å². The third-order valence-electron chi connectivity index (χ3n) is 2.60. The minimum atomic E-state index is 0.522. The topological polar surface area (TPSA) is 28.7 Å². The van der Waals surface area contributed by atoms with Gasteiger partial charge < -0.3 is 4.98 Å². The van der Waals surface area contributed by atoms with Crippen LogP contribution in [-0.4, -0.2) is 9.97 Å². The molecule has 0 radical (unpaired) electrons. The summed E-state index contributed by atoms with van der Waals surface area (Å²) in [6.45, 7) is 0. The number of nitrogens with zero attached hydrogens (tertiary/aromatic N) is 1. The van der Waals surface area contributed by atoms with Gasteiger partial charge in [-0.05, 0) is 24.3 Å². The van der Waals surface area contributed by atoms with Crippen LogP contribution in [0.2, 0.25) is 10.0 Å². The van der Waals surface area contributed by atoms with Gasteiger partial charge in [0, 0.05) is 5.56 Å². The van der Waals surface area contributed by atoms with E-state index < -0.39 is 0 Å². The van der Waals surface area contributed by atoms with Crippen LogP contribution in [0.5, 0.6) is 0 Å². The Balaban J connectivity index is 2.24. The average Bonchev–Trinajstić information content (AvgIpc) is 2.76. The predicted molar refractivity (Wildman–Crippen MR) is 71.5 cm³/mol. The molecule has 0 fully saturated rings. The number of rotatable bonds is 1. The number of imidazole rings is 1.